The molecular formula is C27H26FN5O3S. The molecule has 10 heteroatoms. The van der Waals surface area contributed by atoms with Gasteiger partial charge in [-0.1, -0.05) is 18.9 Å². The van der Waals surface area contributed by atoms with Gasteiger partial charge in [-0.2, -0.15) is 5.26 Å². The van der Waals surface area contributed by atoms with Gasteiger partial charge in [-0.05, 0) is 68.3 Å². The van der Waals surface area contributed by atoms with Gasteiger partial charge in [0.15, 0.2) is 5.75 Å². The van der Waals surface area contributed by atoms with Crippen molar-refractivity contribution in [1.29, 1.82) is 5.26 Å². The van der Waals surface area contributed by atoms with Crippen LogP contribution >= 0.6 is 11.9 Å². The maximum absolute atomic E-state index is 13.9. The van der Waals surface area contributed by atoms with Crippen molar-refractivity contribution in [2.45, 2.75) is 27.7 Å². The van der Waals surface area contributed by atoms with E-state index in [2.05, 4.69) is 15.0 Å². The maximum Gasteiger partial charge on any atom is 0.267 e. The number of hydrogen-bond acceptors (Lipinski definition) is 6. The molecule has 4 aromatic rings. The third-order valence-electron chi connectivity index (χ3n) is 5.68. The molecule has 0 aliphatic rings. The van der Waals surface area contributed by atoms with Crippen LogP contribution in [0.3, 0.4) is 0 Å². The standard InChI is InChI=1S/C27H26FN5O3S/c1-5-30-27(35)20-12-22-24(31-20)25(34)17(13-29)14-33(22)21-11-19(32-37-6-2)7-8-23(21)36-26-15(3)9-18(28)10-16(26)4/h7-12,14,31-32H,5-6H2,1-4H3,(H,30,35). The number of carbonyl (C=O) groups excluding carboxylic acids is 1. The smallest absolute Gasteiger partial charge is 0.267 e. The maximum atomic E-state index is 13.9. The molecule has 2 heterocycles. The Kier molecular flexibility index (Phi) is 7.55. The van der Waals surface area contributed by atoms with Crippen molar-refractivity contribution in [3.63, 3.8) is 0 Å². The van der Waals surface area contributed by atoms with Crippen LogP contribution in [0.2, 0.25) is 0 Å². The monoisotopic (exact) mass is 519 g/mol. The van der Waals surface area contributed by atoms with E-state index >= 15 is 0 Å². The van der Waals surface area contributed by atoms with E-state index in [1.54, 1.807) is 37.5 Å². The number of nitrogens with one attached hydrogen (secondary N) is 3. The van der Waals surface area contributed by atoms with Gasteiger partial charge < -0.3 is 24.3 Å². The van der Waals surface area contributed by atoms with E-state index in [1.165, 1.54) is 30.3 Å². The minimum atomic E-state index is -0.507. The fourth-order valence-electron chi connectivity index (χ4n) is 4.04. The molecule has 1 amide bonds. The van der Waals surface area contributed by atoms with Gasteiger partial charge in [0.2, 0.25) is 5.43 Å². The first kappa shape index (κ1) is 25.9. The van der Waals surface area contributed by atoms with Gasteiger partial charge in [-0.25, -0.2) is 4.39 Å². The van der Waals surface area contributed by atoms with Gasteiger partial charge in [0.1, 0.15) is 34.4 Å². The lowest BCUT2D eigenvalue weighted by Gasteiger charge is -2.19. The van der Waals surface area contributed by atoms with Crippen LogP contribution in [0.5, 0.6) is 11.5 Å². The normalized spacial score (nSPS) is 10.8. The zero-order valence-corrected chi connectivity index (χ0v) is 21.7. The lowest BCUT2D eigenvalue weighted by molar-refractivity contribution is 0.0951. The number of rotatable bonds is 8. The number of anilines is 1. The number of nitrogens with zero attached hydrogens (tertiary/aromatic N) is 2. The van der Waals surface area contributed by atoms with Crippen LogP contribution < -0.4 is 20.2 Å². The van der Waals surface area contributed by atoms with Gasteiger partial charge in [-0.15, -0.1) is 0 Å². The Balaban J connectivity index is 1.98. The molecule has 4 rings (SSSR count). The number of halogens is 1. The zero-order valence-electron chi connectivity index (χ0n) is 20.9. The number of hydrogen-bond donors (Lipinski definition) is 3. The summed E-state index contributed by atoms with van der Waals surface area (Å²) in [7, 11) is 0. The average Bonchev–Trinajstić information content (AvgIpc) is 3.32. The van der Waals surface area contributed by atoms with Crippen molar-refractivity contribution >= 4 is 34.6 Å². The number of aryl methyl sites for hydroxylation is 2. The summed E-state index contributed by atoms with van der Waals surface area (Å²) in [5, 5.41) is 12.4. The van der Waals surface area contributed by atoms with E-state index in [4.69, 9.17) is 4.74 Å². The molecule has 0 radical (unpaired) electrons. The van der Waals surface area contributed by atoms with Crippen LogP contribution in [0, 0.1) is 31.0 Å². The molecule has 190 valence electrons. The number of H-pyrrole nitrogens is 1. The molecule has 0 fully saturated rings. The predicted octanol–water partition coefficient (Wildman–Crippen LogP) is 5.57. The number of fused-ring (bicyclic) bond motifs is 1. The third kappa shape index (κ3) is 5.17. The van der Waals surface area contributed by atoms with Gasteiger partial charge in [0.25, 0.3) is 5.91 Å². The first-order valence-electron chi connectivity index (χ1n) is 11.7. The number of pyridine rings is 1. The second-order valence-electron chi connectivity index (χ2n) is 8.34. The number of ether oxygens (including phenoxy) is 1. The van der Waals surface area contributed by atoms with Crippen molar-refractivity contribution in [2.24, 2.45) is 0 Å². The SMILES string of the molecule is CCNC(=O)c1cc2c([nH]1)c(=O)c(C#N)cn2-c1cc(NSCC)ccc1Oc1c(C)cc(F)cc1C. The Labute approximate surface area is 217 Å². The summed E-state index contributed by atoms with van der Waals surface area (Å²) >= 11 is 1.51. The van der Waals surface area contributed by atoms with E-state index in [9.17, 15) is 19.2 Å². The molecule has 2 aromatic carbocycles. The summed E-state index contributed by atoms with van der Waals surface area (Å²) in [5.74, 6) is 1.02. The molecule has 2 aromatic heterocycles. The molecule has 0 saturated heterocycles. The predicted molar refractivity (Wildman–Crippen MR) is 144 cm³/mol. The summed E-state index contributed by atoms with van der Waals surface area (Å²) in [6.07, 6.45) is 1.43. The van der Waals surface area contributed by atoms with E-state index in [0.29, 0.717) is 40.4 Å². The molecule has 0 aliphatic carbocycles. The van der Waals surface area contributed by atoms with Crippen LogP contribution in [0.4, 0.5) is 10.1 Å². The van der Waals surface area contributed by atoms with Crippen LogP contribution in [0.25, 0.3) is 16.7 Å². The van der Waals surface area contributed by atoms with Crippen LogP contribution in [0.15, 0.2) is 47.4 Å². The first-order chi connectivity index (χ1) is 17.8. The molecular weight excluding hydrogens is 493 g/mol. The molecule has 0 aliphatic heterocycles. The topological polar surface area (TPSA) is 112 Å². The summed E-state index contributed by atoms with van der Waals surface area (Å²) in [6, 6.07) is 11.8. The second-order valence-corrected chi connectivity index (χ2v) is 9.41. The number of aromatic nitrogens is 2. The zero-order chi connectivity index (χ0) is 26.7. The van der Waals surface area contributed by atoms with E-state index in [0.717, 1.165) is 11.4 Å². The molecule has 0 atom stereocenters. The highest BCUT2D eigenvalue weighted by atomic mass is 32.2. The fraction of sp³-hybridized carbons (Fsp3) is 0.222. The van der Waals surface area contributed by atoms with Crippen molar-refractivity contribution < 1.29 is 13.9 Å². The largest absolute Gasteiger partial charge is 0.455 e. The first-order valence-corrected chi connectivity index (χ1v) is 12.7. The van der Waals surface area contributed by atoms with Crippen LogP contribution in [-0.2, 0) is 0 Å². The van der Waals surface area contributed by atoms with Crippen molar-refractivity contribution in [1.82, 2.24) is 14.9 Å². The van der Waals surface area contributed by atoms with Crippen LogP contribution in [0.1, 0.15) is 41.0 Å². The van der Waals surface area contributed by atoms with E-state index in [-0.39, 0.29) is 28.5 Å². The highest BCUT2D eigenvalue weighted by Gasteiger charge is 2.20. The third-order valence-corrected chi connectivity index (χ3v) is 6.35. The quantitative estimate of drug-likeness (QED) is 0.263. The summed E-state index contributed by atoms with van der Waals surface area (Å²) < 4.78 is 25.1. The lowest BCUT2D eigenvalue weighted by atomic mass is 10.1. The molecule has 0 spiro atoms. The van der Waals surface area contributed by atoms with Crippen molar-refractivity contribution in [3.05, 3.63) is 81.0 Å². The second kappa shape index (κ2) is 10.8. The van der Waals surface area contributed by atoms with E-state index in [1.807, 2.05) is 25.1 Å². The van der Waals surface area contributed by atoms with Gasteiger partial charge in [0, 0.05) is 24.2 Å². The Morgan fingerprint density at radius 2 is 1.92 bits per heavy atom. The Morgan fingerprint density at radius 3 is 2.57 bits per heavy atom. The van der Waals surface area contributed by atoms with E-state index < -0.39 is 5.43 Å². The Hall–Kier alpha value is -4.23. The summed E-state index contributed by atoms with van der Waals surface area (Å²) in [5.41, 5.74) is 2.65. The minimum absolute atomic E-state index is 0.0989. The number of aromatic amines is 1. The average molecular weight is 520 g/mol. The van der Waals surface area contributed by atoms with Crippen LogP contribution in [-0.4, -0.2) is 27.8 Å². The molecule has 0 bridgehead atoms. The molecule has 0 saturated carbocycles. The Bertz CT molecular complexity index is 1580. The van der Waals surface area contributed by atoms with Gasteiger partial charge in [0.05, 0.1) is 11.2 Å². The molecule has 37 heavy (non-hydrogen) atoms. The summed E-state index contributed by atoms with van der Waals surface area (Å²) in [4.78, 5) is 28.4. The Morgan fingerprint density at radius 1 is 1.19 bits per heavy atom. The molecule has 8 nitrogen and oxygen atoms in total. The fourth-order valence-corrected chi connectivity index (χ4v) is 4.47. The summed E-state index contributed by atoms with van der Waals surface area (Å²) in [6.45, 7) is 7.75. The molecule has 3 N–H and O–H groups in total. The lowest BCUT2D eigenvalue weighted by Crippen LogP contribution is -2.22. The molecule has 0 unspecified atom stereocenters. The highest BCUT2D eigenvalue weighted by Crippen LogP contribution is 2.36. The van der Waals surface area contributed by atoms with Crippen molar-refractivity contribution in [3.8, 4) is 23.3 Å². The van der Waals surface area contributed by atoms with Crippen molar-refractivity contribution in [2.75, 3.05) is 17.0 Å². The number of nitriles is 1. The highest BCUT2D eigenvalue weighted by molar-refractivity contribution is 8.00. The number of benzene rings is 2. The minimum Gasteiger partial charge on any atom is -0.455 e. The van der Waals surface area contributed by atoms with Gasteiger partial charge in [-0.3, -0.25) is 9.59 Å². The number of carbonyl (C=O) groups is 1. The number of amides is 1. The van der Waals surface area contributed by atoms with Gasteiger partial charge >= 0.3 is 0 Å².